The first-order valence-electron chi connectivity index (χ1n) is 7.32. The van der Waals surface area contributed by atoms with Crippen molar-refractivity contribution in [2.24, 2.45) is 0 Å². The van der Waals surface area contributed by atoms with Crippen LogP contribution in [0.15, 0.2) is 48.5 Å². The number of phenolic OH excluding ortho intramolecular Hbond substituents is 1. The second-order valence-electron chi connectivity index (χ2n) is 5.45. The lowest BCUT2D eigenvalue weighted by Gasteiger charge is -2.32. The van der Waals surface area contributed by atoms with Gasteiger partial charge >= 0.3 is 0 Å². The van der Waals surface area contributed by atoms with E-state index >= 15 is 0 Å². The van der Waals surface area contributed by atoms with Crippen molar-refractivity contribution < 1.29 is 19.2 Å². The van der Waals surface area contributed by atoms with E-state index in [1.54, 1.807) is 17.0 Å². The maximum absolute atomic E-state index is 12.9. The van der Waals surface area contributed by atoms with Crippen LogP contribution in [0.5, 0.6) is 5.75 Å². The van der Waals surface area contributed by atoms with Crippen LogP contribution < -0.4 is 4.90 Å². The number of rotatable bonds is 2. The van der Waals surface area contributed by atoms with Gasteiger partial charge in [0.15, 0.2) is 0 Å². The van der Waals surface area contributed by atoms with E-state index in [9.17, 15) is 14.3 Å². The topological polar surface area (TPSA) is 45.0 Å². The molecule has 2 aromatic rings. The zero-order valence-electron chi connectivity index (χ0n) is 12.1. The number of carbonyl (C=O) groups is 1. The van der Waals surface area contributed by atoms with Crippen LogP contribution in [-0.2, 0) is 0 Å². The molecule has 0 aliphatic carbocycles. The summed E-state index contributed by atoms with van der Waals surface area (Å²) in [5.41, 5.74) is 1.64. The lowest BCUT2D eigenvalue weighted by atomic mass is 10.1. The van der Waals surface area contributed by atoms with E-state index in [-0.39, 0.29) is 17.5 Å². The summed E-state index contributed by atoms with van der Waals surface area (Å²) >= 11 is 0. The van der Waals surface area contributed by atoms with Crippen LogP contribution in [0.4, 0.5) is 10.1 Å². The van der Waals surface area contributed by atoms with Gasteiger partial charge in [-0.1, -0.05) is 0 Å². The molecule has 1 amide bonds. The van der Waals surface area contributed by atoms with Crippen LogP contribution in [0.3, 0.4) is 0 Å². The number of aromatic hydroxyl groups is 1. The molecule has 114 valence electrons. The molecular formula is C17H18FN2O2+. The Balaban J connectivity index is 1.62. The molecule has 0 spiro atoms. The van der Waals surface area contributed by atoms with E-state index in [0.29, 0.717) is 18.7 Å². The van der Waals surface area contributed by atoms with Crippen molar-refractivity contribution in [2.45, 2.75) is 0 Å². The molecule has 3 rings (SSSR count). The maximum atomic E-state index is 12.9. The number of quaternary nitrogens is 1. The third-order valence-corrected chi connectivity index (χ3v) is 4.02. The number of halogens is 1. The Morgan fingerprint density at radius 1 is 1.00 bits per heavy atom. The van der Waals surface area contributed by atoms with Crippen molar-refractivity contribution in [1.29, 1.82) is 0 Å². The average molecular weight is 301 g/mol. The largest absolute Gasteiger partial charge is 0.508 e. The Hall–Kier alpha value is -2.40. The van der Waals surface area contributed by atoms with Crippen molar-refractivity contribution in [3.63, 3.8) is 0 Å². The normalized spacial score (nSPS) is 15.8. The number of hydrogen-bond acceptors (Lipinski definition) is 2. The van der Waals surface area contributed by atoms with E-state index in [1.807, 2.05) is 12.1 Å². The van der Waals surface area contributed by atoms with Crippen molar-refractivity contribution in [3.8, 4) is 5.75 Å². The van der Waals surface area contributed by atoms with Gasteiger partial charge < -0.3 is 10.0 Å². The van der Waals surface area contributed by atoms with Gasteiger partial charge in [-0.05, 0) is 36.4 Å². The highest BCUT2D eigenvalue weighted by molar-refractivity contribution is 5.94. The fourth-order valence-corrected chi connectivity index (χ4v) is 2.74. The Kier molecular flexibility index (Phi) is 4.06. The average Bonchev–Trinajstić information content (AvgIpc) is 2.56. The van der Waals surface area contributed by atoms with Crippen LogP contribution in [0.25, 0.3) is 0 Å². The zero-order valence-corrected chi connectivity index (χ0v) is 12.1. The second-order valence-corrected chi connectivity index (χ2v) is 5.45. The van der Waals surface area contributed by atoms with Gasteiger partial charge in [0, 0.05) is 17.7 Å². The van der Waals surface area contributed by atoms with Gasteiger partial charge in [-0.25, -0.2) is 4.39 Å². The molecular weight excluding hydrogens is 283 g/mol. The van der Waals surface area contributed by atoms with Crippen LogP contribution in [0.2, 0.25) is 0 Å². The highest BCUT2D eigenvalue weighted by atomic mass is 19.1. The van der Waals surface area contributed by atoms with Crippen molar-refractivity contribution in [3.05, 3.63) is 59.9 Å². The number of hydrogen-bond donors (Lipinski definition) is 2. The molecule has 1 heterocycles. The van der Waals surface area contributed by atoms with Gasteiger partial charge in [0.05, 0.1) is 26.2 Å². The van der Waals surface area contributed by atoms with Crippen LogP contribution in [-0.4, -0.2) is 42.1 Å². The summed E-state index contributed by atoms with van der Waals surface area (Å²) in [4.78, 5) is 15.5. The Morgan fingerprint density at radius 3 is 2.18 bits per heavy atom. The summed E-state index contributed by atoms with van der Waals surface area (Å²) < 4.78 is 12.9. The molecule has 22 heavy (non-hydrogen) atoms. The minimum Gasteiger partial charge on any atom is -0.508 e. The van der Waals surface area contributed by atoms with Crippen LogP contribution >= 0.6 is 0 Å². The summed E-state index contributed by atoms with van der Waals surface area (Å²) in [5, 5.41) is 9.33. The molecule has 5 heteroatoms. The molecule has 0 saturated carbocycles. The predicted molar refractivity (Wildman–Crippen MR) is 80.8 cm³/mol. The summed E-state index contributed by atoms with van der Waals surface area (Å²) in [6, 6.07) is 12.8. The van der Waals surface area contributed by atoms with Gasteiger partial charge in [0.1, 0.15) is 17.3 Å². The lowest BCUT2D eigenvalue weighted by Crippen LogP contribution is -3.10. The van der Waals surface area contributed by atoms with E-state index < -0.39 is 0 Å². The molecule has 0 unspecified atom stereocenters. The lowest BCUT2D eigenvalue weighted by molar-refractivity contribution is -0.837. The van der Waals surface area contributed by atoms with Gasteiger partial charge in [-0.2, -0.15) is 0 Å². The monoisotopic (exact) mass is 301 g/mol. The van der Waals surface area contributed by atoms with E-state index in [1.165, 1.54) is 29.2 Å². The maximum Gasteiger partial charge on any atom is 0.254 e. The minimum absolute atomic E-state index is 0.0512. The fourth-order valence-electron chi connectivity index (χ4n) is 2.74. The molecule has 2 N–H and O–H groups in total. The molecule has 2 aromatic carbocycles. The van der Waals surface area contributed by atoms with Gasteiger partial charge in [0.25, 0.3) is 5.91 Å². The third kappa shape index (κ3) is 3.09. The smallest absolute Gasteiger partial charge is 0.254 e. The summed E-state index contributed by atoms with van der Waals surface area (Å²) in [6.07, 6.45) is 0. The van der Waals surface area contributed by atoms with E-state index in [0.717, 1.165) is 18.8 Å². The van der Waals surface area contributed by atoms with Crippen LogP contribution in [0, 0.1) is 5.82 Å². The summed E-state index contributed by atoms with van der Waals surface area (Å²) in [5.74, 6) is -0.129. The Morgan fingerprint density at radius 2 is 1.59 bits per heavy atom. The zero-order chi connectivity index (χ0) is 15.5. The number of carbonyl (C=O) groups excluding carboxylic acids is 1. The van der Waals surface area contributed by atoms with Crippen molar-refractivity contribution in [2.75, 3.05) is 26.2 Å². The Bertz CT molecular complexity index is 647. The molecule has 4 nitrogen and oxygen atoms in total. The summed E-state index contributed by atoms with van der Waals surface area (Å²) in [7, 11) is 0. The number of nitrogens with one attached hydrogen (secondary N) is 1. The molecule has 0 aromatic heterocycles. The molecule has 1 fully saturated rings. The standard InChI is InChI=1S/C17H17FN2O2/c18-14-3-1-13(2-4-14)17(22)20-11-9-19(10-12-20)15-5-7-16(21)8-6-15/h1-8,21H,9-12H2/p+1. The second kappa shape index (κ2) is 6.15. The van der Waals surface area contributed by atoms with Crippen molar-refractivity contribution in [1.82, 2.24) is 4.90 Å². The summed E-state index contributed by atoms with van der Waals surface area (Å²) in [6.45, 7) is 2.95. The number of benzene rings is 2. The molecule has 0 radical (unpaired) electrons. The number of phenols is 1. The molecule has 1 aliphatic rings. The van der Waals surface area contributed by atoms with E-state index in [4.69, 9.17) is 0 Å². The number of piperazine rings is 1. The minimum atomic E-state index is -0.335. The first-order chi connectivity index (χ1) is 10.6. The highest BCUT2D eigenvalue weighted by Gasteiger charge is 2.25. The first-order valence-corrected chi connectivity index (χ1v) is 7.32. The Labute approximate surface area is 128 Å². The van der Waals surface area contributed by atoms with Gasteiger partial charge in [-0.15, -0.1) is 0 Å². The van der Waals surface area contributed by atoms with Crippen molar-refractivity contribution >= 4 is 11.6 Å². The van der Waals surface area contributed by atoms with E-state index in [2.05, 4.69) is 0 Å². The van der Waals surface area contributed by atoms with Crippen LogP contribution in [0.1, 0.15) is 10.4 Å². The van der Waals surface area contributed by atoms with Gasteiger partial charge in [-0.3, -0.25) is 9.69 Å². The SMILES string of the molecule is O=C(c1ccc(F)cc1)N1CC[NH+](c2ccc(O)cc2)CC1. The molecule has 0 bridgehead atoms. The highest BCUT2D eigenvalue weighted by Crippen LogP contribution is 2.12. The number of amides is 1. The number of nitrogens with zero attached hydrogens (tertiary/aromatic N) is 1. The molecule has 1 aliphatic heterocycles. The predicted octanol–water partition coefficient (Wildman–Crippen LogP) is 1.20. The van der Waals surface area contributed by atoms with Gasteiger partial charge in [0.2, 0.25) is 0 Å². The quantitative estimate of drug-likeness (QED) is 0.819. The first kappa shape index (κ1) is 14.5. The third-order valence-electron chi connectivity index (χ3n) is 4.02. The molecule has 0 atom stereocenters. The fraction of sp³-hybridized carbons (Fsp3) is 0.235. The molecule has 1 saturated heterocycles.